The first-order valence-electron chi connectivity index (χ1n) is 7.80. The molecule has 4 N–H and O–H groups in total. The Morgan fingerprint density at radius 3 is 2.26 bits per heavy atom. The Morgan fingerprint density at radius 1 is 1.00 bits per heavy atom. The van der Waals surface area contributed by atoms with Crippen molar-refractivity contribution in [1.82, 2.24) is 9.66 Å². The zero-order valence-electron chi connectivity index (χ0n) is 11.9. The van der Waals surface area contributed by atoms with E-state index in [1.807, 2.05) is 0 Å². The van der Waals surface area contributed by atoms with Crippen LogP contribution in [0.15, 0.2) is 0 Å². The van der Waals surface area contributed by atoms with Gasteiger partial charge in [-0.3, -0.25) is 0 Å². The maximum atomic E-state index is 6.21. The fourth-order valence-electron chi connectivity index (χ4n) is 3.79. The van der Waals surface area contributed by atoms with Crippen molar-refractivity contribution in [3.8, 4) is 0 Å². The largest absolute Gasteiger partial charge is 0.382 e. The molecule has 0 saturated heterocycles. The molecule has 0 aromatic carbocycles. The van der Waals surface area contributed by atoms with Crippen molar-refractivity contribution in [3.63, 3.8) is 0 Å². The number of aromatic nitrogens is 2. The van der Waals surface area contributed by atoms with Crippen LogP contribution in [0.25, 0.3) is 0 Å². The second kappa shape index (κ2) is 5.06. The van der Waals surface area contributed by atoms with Gasteiger partial charge in [-0.1, -0.05) is 32.6 Å². The molecule has 2 aliphatic rings. The lowest BCUT2D eigenvalue weighted by molar-refractivity contribution is 0.345. The molecule has 0 radical (unpaired) electrons. The Balaban J connectivity index is 1.83. The van der Waals surface area contributed by atoms with Crippen LogP contribution in [0.2, 0.25) is 0 Å². The number of anilines is 1. The molecular weight excluding hydrogens is 236 g/mol. The summed E-state index contributed by atoms with van der Waals surface area (Å²) in [6.07, 6.45) is 10.0. The molecule has 0 unspecified atom stereocenters. The molecule has 106 valence electrons. The molecule has 2 fully saturated rings. The van der Waals surface area contributed by atoms with Crippen molar-refractivity contribution in [3.05, 3.63) is 11.5 Å². The van der Waals surface area contributed by atoms with Crippen LogP contribution < -0.4 is 11.6 Å². The summed E-state index contributed by atoms with van der Waals surface area (Å²) < 4.78 is 1.67. The van der Waals surface area contributed by atoms with Crippen molar-refractivity contribution in [1.29, 1.82) is 0 Å². The summed E-state index contributed by atoms with van der Waals surface area (Å²) in [6.45, 7) is 2.34. The van der Waals surface area contributed by atoms with Gasteiger partial charge in [0, 0.05) is 11.8 Å². The van der Waals surface area contributed by atoms with E-state index in [0.29, 0.717) is 17.7 Å². The first-order valence-corrected chi connectivity index (χ1v) is 7.80. The second-order valence-corrected chi connectivity index (χ2v) is 6.55. The van der Waals surface area contributed by atoms with Crippen LogP contribution in [-0.2, 0) is 0 Å². The average Bonchev–Trinajstić information content (AvgIpc) is 3.02. The minimum atomic E-state index is 0.529. The fraction of sp³-hybridized carbons (Fsp3) is 0.800. The third kappa shape index (κ3) is 2.33. The highest BCUT2D eigenvalue weighted by atomic mass is 15.4. The van der Waals surface area contributed by atoms with Gasteiger partial charge in [-0.25, -0.2) is 9.66 Å². The van der Waals surface area contributed by atoms with Crippen molar-refractivity contribution in [2.24, 2.45) is 5.92 Å². The molecule has 3 rings (SSSR count). The van der Waals surface area contributed by atoms with Crippen LogP contribution in [0.3, 0.4) is 0 Å². The van der Waals surface area contributed by atoms with Crippen LogP contribution in [0.5, 0.6) is 0 Å². The Bertz CT molecular complexity index is 437. The van der Waals surface area contributed by atoms with Crippen LogP contribution in [0.4, 0.5) is 5.82 Å². The first-order chi connectivity index (χ1) is 9.16. The van der Waals surface area contributed by atoms with Crippen molar-refractivity contribution in [2.75, 3.05) is 11.6 Å². The van der Waals surface area contributed by atoms with E-state index >= 15 is 0 Å². The predicted molar refractivity (Wildman–Crippen MR) is 78.4 cm³/mol. The van der Waals surface area contributed by atoms with Gasteiger partial charge in [0.1, 0.15) is 11.6 Å². The molecule has 2 aliphatic carbocycles. The van der Waals surface area contributed by atoms with Gasteiger partial charge in [-0.15, -0.1) is 0 Å². The molecule has 1 aromatic rings. The number of rotatable bonds is 2. The third-order valence-electron chi connectivity index (χ3n) is 5.13. The second-order valence-electron chi connectivity index (χ2n) is 6.55. The summed E-state index contributed by atoms with van der Waals surface area (Å²) in [7, 11) is 0. The highest BCUT2D eigenvalue weighted by Crippen LogP contribution is 2.40. The number of hydrogen-bond donors (Lipinski definition) is 2. The maximum Gasteiger partial charge on any atom is 0.146 e. The van der Waals surface area contributed by atoms with Crippen LogP contribution in [-0.4, -0.2) is 9.66 Å². The minimum Gasteiger partial charge on any atom is -0.382 e. The Hall–Kier alpha value is -1.19. The van der Waals surface area contributed by atoms with Crippen molar-refractivity contribution >= 4 is 5.82 Å². The fourth-order valence-corrected chi connectivity index (χ4v) is 3.79. The Labute approximate surface area is 115 Å². The SMILES string of the molecule is CC1CCC(c2nc(C3CCCC3)n(N)c2N)CC1. The maximum absolute atomic E-state index is 6.21. The standard InChI is InChI=1S/C15H26N4/c1-10-6-8-11(9-7-10)13-14(16)19(17)15(18-13)12-4-2-3-5-12/h10-12H,2-9,16-17H2,1H3. The summed E-state index contributed by atoms with van der Waals surface area (Å²) >= 11 is 0. The van der Waals surface area contributed by atoms with Gasteiger partial charge in [0.2, 0.25) is 0 Å². The third-order valence-corrected chi connectivity index (χ3v) is 5.13. The molecule has 0 atom stereocenters. The van der Waals surface area contributed by atoms with E-state index in [1.165, 1.54) is 51.4 Å². The molecule has 4 heteroatoms. The van der Waals surface area contributed by atoms with Gasteiger partial charge in [-0.05, 0) is 31.6 Å². The van der Waals surface area contributed by atoms with Gasteiger partial charge in [-0.2, -0.15) is 0 Å². The van der Waals surface area contributed by atoms with Gasteiger partial charge >= 0.3 is 0 Å². The van der Waals surface area contributed by atoms with E-state index in [0.717, 1.165) is 17.4 Å². The smallest absolute Gasteiger partial charge is 0.146 e. The van der Waals surface area contributed by atoms with E-state index in [2.05, 4.69) is 6.92 Å². The van der Waals surface area contributed by atoms with E-state index in [9.17, 15) is 0 Å². The van der Waals surface area contributed by atoms with Crippen LogP contribution in [0, 0.1) is 5.92 Å². The molecule has 0 amide bonds. The van der Waals surface area contributed by atoms with Crippen molar-refractivity contribution < 1.29 is 0 Å². The number of nitrogens with two attached hydrogens (primary N) is 2. The molecule has 1 aromatic heterocycles. The van der Waals surface area contributed by atoms with E-state index in [1.54, 1.807) is 4.68 Å². The number of imidazole rings is 1. The minimum absolute atomic E-state index is 0.529. The van der Waals surface area contributed by atoms with Gasteiger partial charge in [0.05, 0.1) is 5.69 Å². The average molecular weight is 262 g/mol. The van der Waals surface area contributed by atoms with Gasteiger partial charge in [0.15, 0.2) is 0 Å². The molecule has 0 spiro atoms. The van der Waals surface area contributed by atoms with Crippen LogP contribution in [0.1, 0.15) is 81.6 Å². The topological polar surface area (TPSA) is 69.9 Å². The quantitative estimate of drug-likeness (QED) is 0.804. The van der Waals surface area contributed by atoms with Crippen LogP contribution >= 0.6 is 0 Å². The number of hydrogen-bond acceptors (Lipinski definition) is 3. The normalized spacial score (nSPS) is 28.9. The molecule has 19 heavy (non-hydrogen) atoms. The monoisotopic (exact) mass is 262 g/mol. The summed E-state index contributed by atoms with van der Waals surface area (Å²) in [5, 5.41) is 0. The molecule has 1 heterocycles. The highest BCUT2D eigenvalue weighted by Gasteiger charge is 2.29. The Morgan fingerprint density at radius 2 is 1.63 bits per heavy atom. The molecule has 0 bridgehead atoms. The summed E-state index contributed by atoms with van der Waals surface area (Å²) in [4.78, 5) is 4.85. The molecule has 4 nitrogen and oxygen atoms in total. The first kappa shape index (κ1) is 12.8. The molecular formula is C15H26N4. The zero-order chi connectivity index (χ0) is 13.4. The van der Waals surface area contributed by atoms with Gasteiger partial charge in [0.25, 0.3) is 0 Å². The number of nitrogens with zero attached hydrogens (tertiary/aromatic N) is 2. The molecule has 0 aliphatic heterocycles. The van der Waals surface area contributed by atoms with E-state index in [-0.39, 0.29) is 0 Å². The Kier molecular flexibility index (Phi) is 3.42. The predicted octanol–water partition coefficient (Wildman–Crippen LogP) is 3.13. The lowest BCUT2D eigenvalue weighted by atomic mass is 9.81. The lowest BCUT2D eigenvalue weighted by Crippen LogP contribution is -2.18. The zero-order valence-corrected chi connectivity index (χ0v) is 11.9. The highest BCUT2D eigenvalue weighted by molar-refractivity contribution is 5.41. The molecule has 2 saturated carbocycles. The summed E-state index contributed by atoms with van der Waals surface area (Å²) in [6, 6.07) is 0. The summed E-state index contributed by atoms with van der Waals surface area (Å²) in [5.41, 5.74) is 7.29. The number of nitrogen functional groups attached to an aromatic ring is 2. The summed E-state index contributed by atoms with van der Waals surface area (Å²) in [5.74, 6) is 9.80. The van der Waals surface area contributed by atoms with Gasteiger partial charge < -0.3 is 11.6 Å². The van der Waals surface area contributed by atoms with E-state index < -0.39 is 0 Å². The lowest BCUT2D eigenvalue weighted by Gasteiger charge is -2.25. The van der Waals surface area contributed by atoms with E-state index in [4.69, 9.17) is 16.6 Å². The van der Waals surface area contributed by atoms with Crippen molar-refractivity contribution in [2.45, 2.75) is 70.1 Å².